The van der Waals surface area contributed by atoms with Crippen LogP contribution >= 0.6 is 0 Å². The zero-order chi connectivity index (χ0) is 21.6. The van der Waals surface area contributed by atoms with E-state index in [2.05, 4.69) is 5.32 Å². The number of aryl methyl sites for hydroxylation is 1. The molecule has 29 heavy (non-hydrogen) atoms. The Kier molecular flexibility index (Phi) is 7.28. The summed E-state index contributed by atoms with van der Waals surface area (Å²) >= 11 is 0. The minimum atomic E-state index is -3.33. The van der Waals surface area contributed by atoms with Crippen LogP contribution in [-0.4, -0.2) is 51.7 Å². The second-order valence-electron chi connectivity index (χ2n) is 6.71. The van der Waals surface area contributed by atoms with Crippen LogP contribution in [0.3, 0.4) is 0 Å². The van der Waals surface area contributed by atoms with Gasteiger partial charge in [-0.25, -0.2) is 13.2 Å². The number of sulfone groups is 1. The molecule has 7 nitrogen and oxygen atoms in total. The molecular weight excluding hydrogens is 394 g/mol. The van der Waals surface area contributed by atoms with E-state index in [0.717, 1.165) is 17.4 Å². The highest BCUT2D eigenvalue weighted by atomic mass is 32.2. The number of methoxy groups -OCH3 is 1. The van der Waals surface area contributed by atoms with E-state index in [1.807, 2.05) is 31.2 Å². The molecule has 154 valence electrons. The molecule has 0 saturated heterocycles. The van der Waals surface area contributed by atoms with Crippen molar-refractivity contribution in [2.45, 2.75) is 19.4 Å². The normalized spacial score (nSPS) is 12.1. The molecule has 0 fully saturated rings. The molecule has 0 heterocycles. The number of carbonyl (C=O) groups excluding carboxylic acids is 3. The van der Waals surface area contributed by atoms with Crippen LogP contribution in [0.5, 0.6) is 0 Å². The number of ether oxygens (including phenoxy) is 1. The maximum Gasteiger partial charge on any atom is 0.328 e. The smallest absolute Gasteiger partial charge is 0.328 e. The minimum Gasteiger partial charge on any atom is -0.467 e. The molecule has 0 saturated carbocycles. The Labute approximate surface area is 170 Å². The molecule has 0 unspecified atom stereocenters. The third kappa shape index (κ3) is 5.99. The van der Waals surface area contributed by atoms with Gasteiger partial charge in [-0.2, -0.15) is 0 Å². The van der Waals surface area contributed by atoms with Gasteiger partial charge in [0.25, 0.3) is 5.91 Å². The van der Waals surface area contributed by atoms with Crippen molar-refractivity contribution >= 4 is 28.0 Å². The Bertz CT molecular complexity index is 1030. The zero-order valence-corrected chi connectivity index (χ0v) is 17.3. The van der Waals surface area contributed by atoms with Gasteiger partial charge in [0.05, 0.1) is 12.9 Å². The molecule has 1 N–H and O–H groups in total. The van der Waals surface area contributed by atoms with Gasteiger partial charge in [0, 0.05) is 17.4 Å². The summed E-state index contributed by atoms with van der Waals surface area (Å²) in [7, 11) is -2.16. The van der Waals surface area contributed by atoms with Gasteiger partial charge in [-0.1, -0.05) is 30.3 Å². The molecule has 0 bridgehead atoms. The van der Waals surface area contributed by atoms with Crippen molar-refractivity contribution in [3.8, 4) is 11.1 Å². The first kappa shape index (κ1) is 22.3. The molecule has 2 rings (SSSR count). The predicted molar refractivity (Wildman–Crippen MR) is 110 cm³/mol. The van der Waals surface area contributed by atoms with Gasteiger partial charge in [-0.3, -0.25) is 9.59 Å². The molecule has 0 aliphatic rings. The van der Waals surface area contributed by atoms with Crippen LogP contribution in [0.1, 0.15) is 32.7 Å². The highest BCUT2D eigenvalue weighted by Crippen LogP contribution is 2.28. The molecule has 8 heteroatoms. The predicted octanol–water partition coefficient (Wildman–Crippen LogP) is 2.18. The lowest BCUT2D eigenvalue weighted by molar-refractivity contribution is -0.142. The third-order valence-corrected chi connectivity index (χ3v) is 5.41. The van der Waals surface area contributed by atoms with Gasteiger partial charge >= 0.3 is 5.97 Å². The molecule has 1 atom stereocenters. The molecule has 0 aromatic heterocycles. The lowest BCUT2D eigenvalue weighted by Gasteiger charge is -2.18. The van der Waals surface area contributed by atoms with E-state index in [1.54, 1.807) is 6.07 Å². The molecule has 0 aliphatic carbocycles. The van der Waals surface area contributed by atoms with Crippen LogP contribution in [0.4, 0.5) is 0 Å². The molecule has 2 aromatic rings. The van der Waals surface area contributed by atoms with Crippen LogP contribution in [0.2, 0.25) is 0 Å². The third-order valence-electron chi connectivity index (χ3n) is 4.43. The number of nitrogens with one attached hydrogen (secondary N) is 1. The number of benzene rings is 2. The molecule has 2 aromatic carbocycles. The van der Waals surface area contributed by atoms with Crippen LogP contribution < -0.4 is 5.32 Å². The Morgan fingerprint density at radius 2 is 1.83 bits per heavy atom. The Balaban J connectivity index is 2.41. The Hall–Kier alpha value is -3.00. The Morgan fingerprint density at radius 1 is 1.14 bits per heavy atom. The molecule has 0 aliphatic heterocycles. The first-order chi connectivity index (χ1) is 13.7. The quantitative estimate of drug-likeness (QED) is 0.521. The summed E-state index contributed by atoms with van der Waals surface area (Å²) in [6, 6.07) is 10.9. The monoisotopic (exact) mass is 417 g/mol. The maximum absolute atomic E-state index is 12.9. The average Bonchev–Trinajstić information content (AvgIpc) is 2.69. The number of hydrogen-bond donors (Lipinski definition) is 1. The molecule has 0 radical (unpaired) electrons. The van der Waals surface area contributed by atoms with Gasteiger partial charge in [0.2, 0.25) is 0 Å². The van der Waals surface area contributed by atoms with Crippen molar-refractivity contribution in [2.75, 3.05) is 19.1 Å². The topological polar surface area (TPSA) is 107 Å². The van der Waals surface area contributed by atoms with Crippen molar-refractivity contribution in [3.63, 3.8) is 0 Å². The highest BCUT2D eigenvalue weighted by molar-refractivity contribution is 7.90. The van der Waals surface area contributed by atoms with Crippen molar-refractivity contribution in [3.05, 3.63) is 59.2 Å². The number of esters is 1. The fraction of sp³-hybridized carbons (Fsp3) is 0.286. The summed E-state index contributed by atoms with van der Waals surface area (Å²) < 4.78 is 27.6. The number of aldehydes is 1. The van der Waals surface area contributed by atoms with Crippen LogP contribution in [0, 0.1) is 6.92 Å². The maximum atomic E-state index is 12.9. The van der Waals surface area contributed by atoms with E-state index in [-0.39, 0.29) is 17.7 Å². The second-order valence-corrected chi connectivity index (χ2v) is 8.97. The molecule has 0 spiro atoms. The zero-order valence-electron chi connectivity index (χ0n) is 16.5. The number of carbonyl (C=O) groups is 3. The van der Waals surface area contributed by atoms with Crippen LogP contribution in [0.15, 0.2) is 42.5 Å². The van der Waals surface area contributed by atoms with Gasteiger partial charge in [-0.05, 0) is 42.2 Å². The lowest BCUT2D eigenvalue weighted by Crippen LogP contribution is -2.42. The van der Waals surface area contributed by atoms with Gasteiger partial charge in [0.15, 0.2) is 0 Å². The highest BCUT2D eigenvalue weighted by Gasteiger charge is 2.25. The Morgan fingerprint density at radius 3 is 2.41 bits per heavy atom. The van der Waals surface area contributed by atoms with E-state index in [9.17, 15) is 22.8 Å². The van der Waals surface area contributed by atoms with Gasteiger partial charge < -0.3 is 10.1 Å². The van der Waals surface area contributed by atoms with Crippen molar-refractivity contribution < 1.29 is 27.5 Å². The van der Waals surface area contributed by atoms with Crippen molar-refractivity contribution in [2.24, 2.45) is 0 Å². The van der Waals surface area contributed by atoms with E-state index in [0.29, 0.717) is 17.4 Å². The van der Waals surface area contributed by atoms with Crippen molar-refractivity contribution in [1.29, 1.82) is 0 Å². The number of rotatable bonds is 8. The van der Waals surface area contributed by atoms with Crippen molar-refractivity contribution in [1.82, 2.24) is 5.32 Å². The lowest BCUT2D eigenvalue weighted by atomic mass is 9.94. The molecular formula is C21H23NO6S. The van der Waals surface area contributed by atoms with Crippen LogP contribution in [0.25, 0.3) is 11.1 Å². The fourth-order valence-electron chi connectivity index (χ4n) is 2.89. The first-order valence-corrected chi connectivity index (χ1v) is 10.9. The van der Waals surface area contributed by atoms with E-state index >= 15 is 0 Å². The van der Waals surface area contributed by atoms with Crippen LogP contribution in [-0.2, 0) is 19.4 Å². The van der Waals surface area contributed by atoms with E-state index in [4.69, 9.17) is 4.74 Å². The first-order valence-electron chi connectivity index (χ1n) is 8.88. The largest absolute Gasteiger partial charge is 0.467 e. The fourth-order valence-corrected chi connectivity index (χ4v) is 3.55. The SMILES string of the molecule is COC(=O)[C@H](CCS(C)(=O)=O)NC(=O)c1ccc(C=O)cc1-c1ccccc1C. The number of hydrogen-bond acceptors (Lipinski definition) is 6. The average molecular weight is 417 g/mol. The summed E-state index contributed by atoms with van der Waals surface area (Å²) in [5.41, 5.74) is 2.88. The van der Waals surface area contributed by atoms with E-state index < -0.39 is 27.8 Å². The van der Waals surface area contributed by atoms with E-state index in [1.165, 1.54) is 19.2 Å². The standard InChI is InChI=1S/C21H23NO6S/c1-14-6-4-5-7-16(14)18-12-15(13-23)8-9-17(18)20(24)22-19(21(25)28-2)10-11-29(3,26)27/h4-9,12-13,19H,10-11H2,1-3H3,(H,22,24)/t19-/m0/s1. The number of amides is 1. The summed E-state index contributed by atoms with van der Waals surface area (Å²) in [5, 5.41) is 2.56. The summed E-state index contributed by atoms with van der Waals surface area (Å²) in [4.78, 5) is 36.2. The van der Waals surface area contributed by atoms with Gasteiger partial charge in [-0.15, -0.1) is 0 Å². The van der Waals surface area contributed by atoms with Gasteiger partial charge in [0.1, 0.15) is 22.2 Å². The summed E-state index contributed by atoms with van der Waals surface area (Å²) in [5.74, 6) is -1.57. The summed E-state index contributed by atoms with van der Waals surface area (Å²) in [6.07, 6.45) is 1.63. The minimum absolute atomic E-state index is 0.108. The summed E-state index contributed by atoms with van der Waals surface area (Å²) in [6.45, 7) is 1.88. The second kappa shape index (κ2) is 9.47. The molecule has 1 amide bonds.